The van der Waals surface area contributed by atoms with Crippen LogP contribution in [0.5, 0.6) is 0 Å². The maximum atomic E-state index is 12.1. The second kappa shape index (κ2) is 8.83. The van der Waals surface area contributed by atoms with Gasteiger partial charge in [0, 0.05) is 24.8 Å². The molecule has 0 aliphatic rings. The Hall–Kier alpha value is -2.94. The average molecular weight is 387 g/mol. The fourth-order valence-corrected chi connectivity index (χ4v) is 2.60. The predicted molar refractivity (Wildman–Crippen MR) is 111 cm³/mol. The number of carbonyl (C=O) groups excluding carboxylic acids is 1. The highest BCUT2D eigenvalue weighted by Gasteiger charge is 2.17. The molecule has 28 heavy (non-hydrogen) atoms. The lowest BCUT2D eigenvalue weighted by molar-refractivity contribution is 0.0364. The number of benzene rings is 1. The van der Waals surface area contributed by atoms with E-state index in [1.807, 2.05) is 24.9 Å². The van der Waals surface area contributed by atoms with Gasteiger partial charge in [0.2, 0.25) is 17.8 Å². The summed E-state index contributed by atoms with van der Waals surface area (Å²) in [5, 5.41) is 3.13. The van der Waals surface area contributed by atoms with Crippen LogP contribution in [0.3, 0.4) is 0 Å². The third kappa shape index (κ3) is 6.05. The molecule has 0 atom stereocenters. The highest BCUT2D eigenvalue weighted by Crippen LogP contribution is 2.23. The van der Waals surface area contributed by atoms with Gasteiger partial charge in [-0.1, -0.05) is 26.8 Å². The zero-order valence-corrected chi connectivity index (χ0v) is 17.3. The van der Waals surface area contributed by atoms with Crippen molar-refractivity contribution in [3.63, 3.8) is 0 Å². The van der Waals surface area contributed by atoms with Crippen LogP contribution in [0.15, 0.2) is 18.2 Å². The van der Waals surface area contributed by atoms with Gasteiger partial charge in [-0.2, -0.15) is 15.0 Å². The highest BCUT2D eigenvalue weighted by atomic mass is 16.6. The van der Waals surface area contributed by atoms with Crippen molar-refractivity contribution in [2.24, 2.45) is 5.41 Å². The van der Waals surface area contributed by atoms with Crippen LogP contribution >= 0.6 is 0 Å². The summed E-state index contributed by atoms with van der Waals surface area (Å²) in [5.74, 6) is 0.586. The number of carbonyl (C=O) groups is 1. The SMILES string of the molecule is CCONC(=O)c1ccc(C)c(Nc2nc(N)nc(N(C)CC(C)(C)C)n2)c1. The minimum absolute atomic E-state index is 0.0720. The number of aryl methyl sites for hydroxylation is 1. The number of anilines is 4. The number of nitrogens with two attached hydrogens (primary N) is 1. The van der Waals surface area contributed by atoms with Crippen molar-refractivity contribution in [1.82, 2.24) is 20.4 Å². The molecule has 0 fully saturated rings. The molecular formula is C19H29N7O2. The van der Waals surface area contributed by atoms with Crippen LogP contribution in [0.4, 0.5) is 23.5 Å². The summed E-state index contributed by atoms with van der Waals surface area (Å²) in [7, 11) is 1.91. The molecule has 0 bridgehead atoms. The second-order valence-corrected chi connectivity index (χ2v) is 7.75. The third-order valence-electron chi connectivity index (χ3n) is 3.75. The maximum absolute atomic E-state index is 12.1. The van der Waals surface area contributed by atoms with Crippen LogP contribution in [0, 0.1) is 12.3 Å². The molecule has 0 radical (unpaired) electrons. The Kier molecular flexibility index (Phi) is 6.74. The van der Waals surface area contributed by atoms with Gasteiger partial charge in [0.15, 0.2) is 0 Å². The predicted octanol–water partition coefficient (Wildman–Crippen LogP) is 2.67. The van der Waals surface area contributed by atoms with E-state index < -0.39 is 0 Å². The first-order valence-electron chi connectivity index (χ1n) is 9.11. The van der Waals surface area contributed by atoms with E-state index in [-0.39, 0.29) is 17.3 Å². The van der Waals surface area contributed by atoms with Gasteiger partial charge in [-0.05, 0) is 37.0 Å². The lowest BCUT2D eigenvalue weighted by Crippen LogP contribution is -2.31. The summed E-state index contributed by atoms with van der Waals surface area (Å²) in [5.41, 5.74) is 10.4. The molecule has 4 N–H and O–H groups in total. The summed E-state index contributed by atoms with van der Waals surface area (Å²) in [6.45, 7) is 11.3. The first kappa shape index (κ1) is 21.4. The number of hydroxylamine groups is 1. The zero-order valence-electron chi connectivity index (χ0n) is 17.3. The van der Waals surface area contributed by atoms with Crippen LogP contribution in [0.1, 0.15) is 43.6 Å². The number of nitrogen functional groups attached to an aromatic ring is 1. The molecule has 0 spiro atoms. The van der Waals surface area contributed by atoms with Crippen LogP contribution < -0.4 is 21.4 Å². The first-order chi connectivity index (χ1) is 13.1. The second-order valence-electron chi connectivity index (χ2n) is 7.75. The molecular weight excluding hydrogens is 358 g/mol. The number of amides is 1. The molecule has 0 aliphatic carbocycles. The summed E-state index contributed by atoms with van der Waals surface area (Å²) < 4.78 is 0. The third-order valence-corrected chi connectivity index (χ3v) is 3.75. The normalized spacial score (nSPS) is 11.2. The van der Waals surface area contributed by atoms with Crippen molar-refractivity contribution in [3.8, 4) is 0 Å². The van der Waals surface area contributed by atoms with Gasteiger partial charge in [0.05, 0.1) is 6.61 Å². The van der Waals surface area contributed by atoms with E-state index in [0.717, 1.165) is 12.1 Å². The number of aromatic nitrogens is 3. The Morgan fingerprint density at radius 1 is 1.25 bits per heavy atom. The fourth-order valence-electron chi connectivity index (χ4n) is 2.60. The highest BCUT2D eigenvalue weighted by molar-refractivity contribution is 5.94. The Balaban J connectivity index is 2.26. The Bertz CT molecular complexity index is 834. The Morgan fingerprint density at radius 3 is 2.61 bits per heavy atom. The lowest BCUT2D eigenvalue weighted by atomic mass is 9.96. The zero-order chi connectivity index (χ0) is 20.9. The van der Waals surface area contributed by atoms with Crippen molar-refractivity contribution in [2.45, 2.75) is 34.6 Å². The summed E-state index contributed by atoms with van der Waals surface area (Å²) in [6.07, 6.45) is 0. The summed E-state index contributed by atoms with van der Waals surface area (Å²) in [4.78, 5) is 31.9. The number of hydrogen-bond acceptors (Lipinski definition) is 8. The molecule has 0 unspecified atom stereocenters. The van der Waals surface area contributed by atoms with Crippen LogP contribution in [-0.4, -0.2) is 41.1 Å². The maximum Gasteiger partial charge on any atom is 0.274 e. The molecule has 1 heterocycles. The molecule has 152 valence electrons. The standard InChI is InChI=1S/C19H29N7O2/c1-7-28-25-15(27)13-9-8-12(2)14(10-13)21-17-22-16(20)23-18(24-17)26(6)11-19(3,4)5/h8-10H,7,11H2,1-6H3,(H,25,27)(H3,20,21,22,23,24). The molecule has 9 heteroatoms. The largest absolute Gasteiger partial charge is 0.368 e. The van der Waals surface area contributed by atoms with Gasteiger partial charge in [-0.25, -0.2) is 5.48 Å². The van der Waals surface area contributed by atoms with E-state index in [2.05, 4.69) is 46.5 Å². The molecule has 0 aliphatic heterocycles. The molecule has 9 nitrogen and oxygen atoms in total. The van der Waals surface area contributed by atoms with Gasteiger partial charge < -0.3 is 16.0 Å². The van der Waals surface area contributed by atoms with E-state index in [0.29, 0.717) is 29.8 Å². The van der Waals surface area contributed by atoms with E-state index in [1.54, 1.807) is 19.1 Å². The molecule has 1 amide bonds. The number of rotatable bonds is 7. The van der Waals surface area contributed by atoms with Crippen LogP contribution in [0.25, 0.3) is 0 Å². The monoisotopic (exact) mass is 387 g/mol. The Morgan fingerprint density at radius 2 is 1.96 bits per heavy atom. The van der Waals surface area contributed by atoms with E-state index in [9.17, 15) is 4.79 Å². The summed E-state index contributed by atoms with van der Waals surface area (Å²) in [6, 6.07) is 5.27. The van der Waals surface area contributed by atoms with Gasteiger partial charge in [-0.3, -0.25) is 9.63 Å². The van der Waals surface area contributed by atoms with Crippen molar-refractivity contribution in [3.05, 3.63) is 29.3 Å². The van der Waals surface area contributed by atoms with E-state index in [1.165, 1.54) is 0 Å². The summed E-state index contributed by atoms with van der Waals surface area (Å²) >= 11 is 0. The first-order valence-corrected chi connectivity index (χ1v) is 9.11. The molecule has 1 aromatic carbocycles. The van der Waals surface area contributed by atoms with Crippen LogP contribution in [-0.2, 0) is 4.84 Å². The number of nitrogens with one attached hydrogen (secondary N) is 2. The van der Waals surface area contributed by atoms with Crippen molar-refractivity contribution in [1.29, 1.82) is 0 Å². The van der Waals surface area contributed by atoms with E-state index in [4.69, 9.17) is 10.6 Å². The number of nitrogens with zero attached hydrogens (tertiary/aromatic N) is 4. The average Bonchev–Trinajstić information content (AvgIpc) is 2.59. The van der Waals surface area contributed by atoms with Crippen molar-refractivity contribution in [2.75, 3.05) is 36.1 Å². The van der Waals surface area contributed by atoms with E-state index >= 15 is 0 Å². The molecule has 0 saturated carbocycles. The topological polar surface area (TPSA) is 118 Å². The van der Waals surface area contributed by atoms with Crippen molar-refractivity contribution < 1.29 is 9.63 Å². The van der Waals surface area contributed by atoms with Gasteiger partial charge in [0.25, 0.3) is 5.91 Å². The van der Waals surface area contributed by atoms with Gasteiger partial charge >= 0.3 is 0 Å². The minimum Gasteiger partial charge on any atom is -0.368 e. The molecule has 1 aromatic heterocycles. The fraction of sp³-hybridized carbons (Fsp3) is 0.474. The lowest BCUT2D eigenvalue weighted by Gasteiger charge is -2.26. The van der Waals surface area contributed by atoms with Crippen LogP contribution in [0.2, 0.25) is 0 Å². The molecule has 2 aromatic rings. The van der Waals surface area contributed by atoms with Crippen molar-refractivity contribution >= 4 is 29.4 Å². The quantitative estimate of drug-likeness (QED) is 0.621. The smallest absolute Gasteiger partial charge is 0.274 e. The van der Waals surface area contributed by atoms with Gasteiger partial charge in [0.1, 0.15) is 0 Å². The minimum atomic E-state index is -0.328. The molecule has 0 saturated heterocycles. The van der Waals surface area contributed by atoms with Gasteiger partial charge in [-0.15, -0.1) is 0 Å². The number of hydrogen-bond donors (Lipinski definition) is 3. The Labute approximate surface area is 165 Å². The molecule has 2 rings (SSSR count).